The molecule has 0 N–H and O–H groups in total. The van der Waals surface area contributed by atoms with Crippen molar-refractivity contribution in [1.82, 2.24) is 29.5 Å². The van der Waals surface area contributed by atoms with E-state index in [1.54, 1.807) is 0 Å². The summed E-state index contributed by atoms with van der Waals surface area (Å²) in [6.07, 6.45) is 0. The Bertz CT molecular complexity index is 4760. The predicted molar refractivity (Wildman–Crippen MR) is 335 cm³/mol. The van der Waals surface area contributed by atoms with Gasteiger partial charge in [0.05, 0.1) is 33.8 Å². The molecule has 0 unspecified atom stereocenters. The molecule has 0 radical (unpaired) electrons. The molecule has 0 aliphatic rings. The molecule has 0 aliphatic carbocycles. The lowest BCUT2D eigenvalue weighted by molar-refractivity contribution is 1.10. The summed E-state index contributed by atoms with van der Waals surface area (Å²) in [6, 6.07) is 98.7. The van der Waals surface area contributed by atoms with E-state index in [9.17, 15) is 0 Å². The van der Waals surface area contributed by atoms with Crippen molar-refractivity contribution in [3.05, 3.63) is 279 Å². The molecule has 3 aromatic heterocycles. The first-order chi connectivity index (χ1) is 40.1. The van der Waals surface area contributed by atoms with Gasteiger partial charge in [-0.05, 0) is 96.3 Å². The SMILES string of the molecule is c1ccc(-n2c(-c3cc(-c4nc(-c5cccc6ccccc56)cc(-c5cccc6ccccc56)n4)cc(-c4nc(-c5cccc6ccccc56)cc(-c5cccc6ccccc56)n4)c3)nc3c4ccccc4c4ccccc4c32)cc1. The summed E-state index contributed by atoms with van der Waals surface area (Å²) in [5.74, 6) is 1.88. The van der Waals surface area contributed by atoms with Crippen LogP contribution in [0.1, 0.15) is 0 Å². The molecule has 81 heavy (non-hydrogen) atoms. The maximum absolute atomic E-state index is 5.79. The van der Waals surface area contributed by atoms with E-state index in [0.29, 0.717) is 11.6 Å². The van der Waals surface area contributed by atoms with E-state index >= 15 is 0 Å². The van der Waals surface area contributed by atoms with Crippen molar-refractivity contribution in [3.8, 4) is 84.9 Å². The summed E-state index contributed by atoms with van der Waals surface area (Å²) in [5, 5.41) is 13.5. The van der Waals surface area contributed by atoms with Gasteiger partial charge in [-0.2, -0.15) is 0 Å². The number of benzene rings is 13. The van der Waals surface area contributed by atoms with Crippen LogP contribution in [-0.2, 0) is 0 Å². The zero-order valence-electron chi connectivity index (χ0n) is 43.7. The largest absolute Gasteiger partial charge is 0.292 e. The average molecular weight is 1030 g/mol. The number of nitrogens with zero attached hydrogens (tertiary/aromatic N) is 6. The summed E-state index contributed by atoms with van der Waals surface area (Å²) < 4.78 is 2.33. The first kappa shape index (κ1) is 46.2. The molecule has 0 atom stereocenters. The Balaban J connectivity index is 1.03. The quantitative estimate of drug-likeness (QED) is 0.142. The minimum atomic E-state index is 0.559. The van der Waals surface area contributed by atoms with E-state index in [1.807, 2.05) is 0 Å². The van der Waals surface area contributed by atoms with Crippen molar-refractivity contribution in [3.63, 3.8) is 0 Å². The molecule has 376 valence electrons. The smallest absolute Gasteiger partial charge is 0.160 e. The standard InChI is InChI=1S/C75H46N6/c1-2-28-54(29-3-1)81-72-66-37-15-13-35-60(66)59-34-12-14-36-65(59)71(72)80-75(81)53-43-51(73-76-67(61-38-16-24-47-20-4-8-30-55(47)61)45-68(77-73)62-39-17-25-48-21-5-9-31-56(48)62)42-52(44-53)74-78-69(63-40-18-26-49-22-6-10-32-57(49)63)46-70(79-74)64-41-19-27-50-23-7-11-33-58(50)64/h1-46H. The summed E-state index contributed by atoms with van der Waals surface area (Å²) in [7, 11) is 0. The van der Waals surface area contributed by atoms with Crippen LogP contribution in [0, 0.1) is 0 Å². The number of aromatic nitrogens is 6. The van der Waals surface area contributed by atoms with Gasteiger partial charge in [0, 0.05) is 55.4 Å². The van der Waals surface area contributed by atoms with Gasteiger partial charge < -0.3 is 0 Å². The monoisotopic (exact) mass is 1030 g/mol. The first-order valence-corrected chi connectivity index (χ1v) is 27.4. The lowest BCUT2D eigenvalue weighted by Gasteiger charge is -2.16. The zero-order valence-corrected chi connectivity index (χ0v) is 43.7. The Kier molecular flexibility index (Phi) is 10.8. The molecule has 13 aromatic carbocycles. The van der Waals surface area contributed by atoms with Gasteiger partial charge in [-0.15, -0.1) is 0 Å². The number of hydrogen-bond acceptors (Lipinski definition) is 5. The first-order valence-electron chi connectivity index (χ1n) is 27.4. The second-order valence-electron chi connectivity index (χ2n) is 20.7. The molecule has 0 amide bonds. The number of rotatable bonds is 8. The van der Waals surface area contributed by atoms with Crippen molar-refractivity contribution in [1.29, 1.82) is 0 Å². The zero-order chi connectivity index (χ0) is 53.4. The molecule has 16 rings (SSSR count). The fourth-order valence-electron chi connectivity index (χ4n) is 12.2. The highest BCUT2D eigenvalue weighted by atomic mass is 15.1. The molecule has 16 aromatic rings. The summed E-state index contributed by atoms with van der Waals surface area (Å²) >= 11 is 0. The van der Waals surface area contributed by atoms with Gasteiger partial charge in [0.2, 0.25) is 0 Å². The van der Waals surface area contributed by atoms with Crippen LogP contribution < -0.4 is 0 Å². The van der Waals surface area contributed by atoms with Crippen molar-refractivity contribution in [2.75, 3.05) is 0 Å². The van der Waals surface area contributed by atoms with Gasteiger partial charge in [-0.1, -0.05) is 237 Å². The molecule has 0 bridgehead atoms. The van der Waals surface area contributed by atoms with Crippen LogP contribution in [0.4, 0.5) is 0 Å². The predicted octanol–water partition coefficient (Wildman–Crippen LogP) is 19.2. The molecule has 6 heteroatoms. The molecule has 0 saturated heterocycles. The number of fused-ring (bicyclic) bond motifs is 10. The van der Waals surface area contributed by atoms with E-state index in [1.165, 1.54) is 0 Å². The Morgan fingerprint density at radius 2 is 0.556 bits per heavy atom. The number of para-hydroxylation sites is 1. The van der Waals surface area contributed by atoms with Crippen LogP contribution in [0.2, 0.25) is 0 Å². The summed E-state index contributed by atoms with van der Waals surface area (Å²) in [6.45, 7) is 0. The second kappa shape index (κ2) is 18.9. The van der Waals surface area contributed by atoms with Crippen LogP contribution in [0.25, 0.3) is 161 Å². The topological polar surface area (TPSA) is 69.4 Å². The maximum Gasteiger partial charge on any atom is 0.160 e. The van der Waals surface area contributed by atoms with Gasteiger partial charge in [0.1, 0.15) is 5.82 Å². The molecular formula is C75H46N6. The van der Waals surface area contributed by atoms with Gasteiger partial charge in [0.15, 0.2) is 11.6 Å². The van der Waals surface area contributed by atoms with E-state index in [2.05, 4.69) is 284 Å². The fourth-order valence-corrected chi connectivity index (χ4v) is 12.2. The minimum Gasteiger partial charge on any atom is -0.292 e. The number of hydrogen-bond donors (Lipinski definition) is 0. The number of imidazole rings is 1. The normalized spacial score (nSPS) is 11.7. The van der Waals surface area contributed by atoms with Gasteiger partial charge in [-0.3, -0.25) is 4.57 Å². The van der Waals surface area contributed by atoms with Crippen molar-refractivity contribution < 1.29 is 0 Å². The Morgan fingerprint density at radius 3 is 0.975 bits per heavy atom. The van der Waals surface area contributed by atoms with Crippen LogP contribution in [-0.4, -0.2) is 29.5 Å². The second-order valence-corrected chi connectivity index (χ2v) is 20.7. The van der Waals surface area contributed by atoms with E-state index < -0.39 is 0 Å². The third kappa shape index (κ3) is 7.83. The third-order valence-corrected chi connectivity index (χ3v) is 16.0. The summed E-state index contributed by atoms with van der Waals surface area (Å²) in [4.78, 5) is 28.3. The highest BCUT2D eigenvalue weighted by Gasteiger charge is 2.24. The van der Waals surface area contributed by atoms with Crippen LogP contribution in [0.15, 0.2) is 279 Å². The molecule has 3 heterocycles. The molecule has 0 spiro atoms. The van der Waals surface area contributed by atoms with Gasteiger partial charge in [0.25, 0.3) is 0 Å². The lowest BCUT2D eigenvalue weighted by atomic mass is 9.97. The van der Waals surface area contributed by atoms with Crippen molar-refractivity contribution in [2.24, 2.45) is 0 Å². The van der Waals surface area contributed by atoms with Gasteiger partial charge in [-0.25, -0.2) is 24.9 Å². The molecular weight excluding hydrogens is 985 g/mol. The maximum atomic E-state index is 5.79. The third-order valence-electron chi connectivity index (χ3n) is 16.0. The fraction of sp³-hybridized carbons (Fsp3) is 0. The lowest BCUT2D eigenvalue weighted by Crippen LogP contribution is -2.01. The highest BCUT2D eigenvalue weighted by molar-refractivity contribution is 6.24. The van der Waals surface area contributed by atoms with E-state index in [0.717, 1.165) is 149 Å². The minimum absolute atomic E-state index is 0.559. The van der Waals surface area contributed by atoms with Crippen LogP contribution in [0.3, 0.4) is 0 Å². The van der Waals surface area contributed by atoms with Crippen LogP contribution in [0.5, 0.6) is 0 Å². The van der Waals surface area contributed by atoms with Crippen LogP contribution >= 0.6 is 0 Å². The molecule has 0 fully saturated rings. The molecule has 6 nitrogen and oxygen atoms in total. The summed E-state index contributed by atoms with van der Waals surface area (Å²) in [5.41, 5.74) is 12.7. The highest BCUT2D eigenvalue weighted by Crippen LogP contribution is 2.43. The van der Waals surface area contributed by atoms with E-state index in [4.69, 9.17) is 24.9 Å². The Labute approximate surface area is 466 Å². The molecule has 0 saturated carbocycles. The van der Waals surface area contributed by atoms with Gasteiger partial charge >= 0.3 is 0 Å². The Hall–Kier alpha value is -11.0. The van der Waals surface area contributed by atoms with Crippen molar-refractivity contribution in [2.45, 2.75) is 0 Å². The average Bonchev–Trinajstić information content (AvgIpc) is 4.15. The van der Waals surface area contributed by atoms with Crippen molar-refractivity contribution >= 4 is 75.7 Å². The molecule has 0 aliphatic heterocycles. The Morgan fingerprint density at radius 1 is 0.235 bits per heavy atom. The van der Waals surface area contributed by atoms with E-state index in [-0.39, 0.29) is 0 Å².